The number of morpholine rings is 1. The molecule has 0 bridgehead atoms. The first-order valence-electron chi connectivity index (χ1n) is 13.0. The average molecular weight is 569 g/mol. The fraction of sp³-hybridized carbons (Fsp3) is 0.357. The number of sulfonamides is 1. The maximum atomic E-state index is 13.2. The molecule has 1 unspecified atom stereocenters. The summed E-state index contributed by atoms with van der Waals surface area (Å²) in [6.07, 6.45) is 1.44. The molecule has 11 heteroatoms. The molecule has 2 amide bonds. The van der Waals surface area contributed by atoms with Crippen molar-refractivity contribution in [3.8, 4) is 0 Å². The van der Waals surface area contributed by atoms with Crippen molar-refractivity contribution in [1.82, 2.24) is 10.2 Å². The van der Waals surface area contributed by atoms with E-state index in [4.69, 9.17) is 4.74 Å². The Balaban J connectivity index is 1.27. The van der Waals surface area contributed by atoms with Crippen LogP contribution in [-0.4, -0.2) is 64.5 Å². The van der Waals surface area contributed by atoms with Crippen molar-refractivity contribution in [2.24, 2.45) is 0 Å². The number of hydrogen-bond acceptors (Lipinski definition) is 7. The fourth-order valence-corrected chi connectivity index (χ4v) is 7.62. The third kappa shape index (κ3) is 6.17. The number of hydrogen-bond donors (Lipinski definition) is 2. The van der Waals surface area contributed by atoms with Crippen LogP contribution in [0.5, 0.6) is 0 Å². The summed E-state index contributed by atoms with van der Waals surface area (Å²) in [5, 5.41) is 7.17. The van der Waals surface area contributed by atoms with Crippen molar-refractivity contribution < 1.29 is 22.7 Å². The second-order valence-electron chi connectivity index (χ2n) is 9.70. The Hall–Kier alpha value is -3.25. The zero-order chi connectivity index (χ0) is 27.4. The van der Waals surface area contributed by atoms with Crippen molar-refractivity contribution in [2.75, 3.05) is 49.0 Å². The minimum atomic E-state index is -3.71. The third-order valence-electron chi connectivity index (χ3n) is 7.07. The first-order valence-corrected chi connectivity index (χ1v) is 15.3. The number of fused-ring (bicyclic) bond motifs is 1. The molecule has 5 rings (SSSR count). The lowest BCUT2D eigenvalue weighted by atomic mass is 10.0. The Morgan fingerprint density at radius 1 is 1.03 bits per heavy atom. The molecule has 2 aromatic carbocycles. The number of nitrogens with one attached hydrogen (secondary N) is 2. The SMILES string of the molecule is Cc1ccc(C(CNC(=O)C(=O)Nc2ccc3c(c2)N(S(=O)(=O)c2cccs2)CCC3)N2CCOCC2)cc1. The summed E-state index contributed by atoms with van der Waals surface area (Å²) in [6.45, 7) is 5.36. The molecule has 206 valence electrons. The second kappa shape index (κ2) is 11.9. The zero-order valence-corrected chi connectivity index (χ0v) is 23.4. The quantitative estimate of drug-likeness (QED) is 0.424. The minimum Gasteiger partial charge on any atom is -0.379 e. The van der Waals surface area contributed by atoms with E-state index in [-0.39, 0.29) is 16.8 Å². The van der Waals surface area contributed by atoms with E-state index in [1.54, 1.807) is 29.6 Å². The molecule has 2 aliphatic heterocycles. The summed E-state index contributed by atoms with van der Waals surface area (Å²) in [6, 6.07) is 16.5. The van der Waals surface area contributed by atoms with Crippen molar-refractivity contribution in [3.05, 3.63) is 76.7 Å². The van der Waals surface area contributed by atoms with E-state index >= 15 is 0 Å². The van der Waals surface area contributed by atoms with Gasteiger partial charge in [0.2, 0.25) is 0 Å². The maximum Gasteiger partial charge on any atom is 0.313 e. The summed E-state index contributed by atoms with van der Waals surface area (Å²) >= 11 is 1.17. The van der Waals surface area contributed by atoms with Crippen LogP contribution in [0.4, 0.5) is 11.4 Å². The molecule has 0 saturated carbocycles. The van der Waals surface area contributed by atoms with Gasteiger partial charge in [0, 0.05) is 31.9 Å². The van der Waals surface area contributed by atoms with Crippen LogP contribution in [0.2, 0.25) is 0 Å². The standard InChI is InChI=1S/C28H32N4O5S2/c1-20-6-8-22(9-7-20)25(31-13-15-37-16-14-31)19-29-27(33)28(34)30-23-11-10-21-4-2-12-32(24(21)18-23)39(35,36)26-5-3-17-38-26/h3,5-11,17-18,25H,2,4,12-16,19H2,1H3,(H,29,33)(H,30,34). The van der Waals surface area contributed by atoms with Crippen LogP contribution in [0.25, 0.3) is 0 Å². The smallest absolute Gasteiger partial charge is 0.313 e. The van der Waals surface area contributed by atoms with Crippen LogP contribution in [0.15, 0.2) is 64.2 Å². The average Bonchev–Trinajstić information content (AvgIpc) is 3.50. The van der Waals surface area contributed by atoms with Crippen LogP contribution >= 0.6 is 11.3 Å². The summed E-state index contributed by atoms with van der Waals surface area (Å²) in [5.74, 6) is -1.55. The molecule has 3 aromatic rings. The van der Waals surface area contributed by atoms with Gasteiger partial charge in [-0.2, -0.15) is 0 Å². The first-order chi connectivity index (χ1) is 18.8. The lowest BCUT2D eigenvalue weighted by molar-refractivity contribution is -0.136. The second-order valence-corrected chi connectivity index (χ2v) is 12.7. The van der Waals surface area contributed by atoms with Crippen molar-refractivity contribution in [1.29, 1.82) is 0 Å². The number of aryl methyl sites for hydroxylation is 2. The van der Waals surface area contributed by atoms with Gasteiger partial charge in [0.15, 0.2) is 0 Å². The highest BCUT2D eigenvalue weighted by molar-refractivity contribution is 7.94. The van der Waals surface area contributed by atoms with Gasteiger partial charge in [0.1, 0.15) is 4.21 Å². The highest BCUT2D eigenvalue weighted by Gasteiger charge is 2.30. The molecule has 1 aromatic heterocycles. The minimum absolute atomic E-state index is 0.0917. The molecule has 3 heterocycles. The first kappa shape index (κ1) is 27.3. The van der Waals surface area contributed by atoms with Crippen molar-refractivity contribution >= 4 is 44.5 Å². The number of benzene rings is 2. The largest absolute Gasteiger partial charge is 0.379 e. The summed E-state index contributed by atoms with van der Waals surface area (Å²) in [7, 11) is -3.71. The Bertz CT molecular complexity index is 1420. The van der Waals surface area contributed by atoms with Gasteiger partial charge in [-0.15, -0.1) is 11.3 Å². The van der Waals surface area contributed by atoms with Crippen LogP contribution < -0.4 is 14.9 Å². The fourth-order valence-electron chi connectivity index (χ4n) is 4.98. The number of carbonyl (C=O) groups excluding carboxylic acids is 2. The lowest BCUT2D eigenvalue weighted by Crippen LogP contribution is -2.45. The predicted molar refractivity (Wildman–Crippen MR) is 152 cm³/mol. The van der Waals surface area contributed by atoms with Crippen molar-refractivity contribution in [2.45, 2.75) is 30.0 Å². The monoisotopic (exact) mass is 568 g/mol. The Morgan fingerprint density at radius 2 is 1.79 bits per heavy atom. The molecular weight excluding hydrogens is 536 g/mol. The van der Waals surface area contributed by atoms with Gasteiger partial charge in [-0.1, -0.05) is 42.0 Å². The molecule has 0 aliphatic carbocycles. The van der Waals surface area contributed by atoms with E-state index < -0.39 is 21.8 Å². The topological polar surface area (TPSA) is 108 Å². The van der Waals surface area contributed by atoms with Gasteiger partial charge >= 0.3 is 11.8 Å². The molecule has 0 radical (unpaired) electrons. The number of rotatable bonds is 7. The Labute approximate surface area is 232 Å². The van der Waals surface area contributed by atoms with Crippen LogP contribution in [0.1, 0.15) is 29.2 Å². The number of carbonyl (C=O) groups is 2. The van der Waals surface area contributed by atoms with E-state index in [0.29, 0.717) is 37.6 Å². The van der Waals surface area contributed by atoms with E-state index in [1.807, 2.05) is 37.3 Å². The van der Waals surface area contributed by atoms with Crippen LogP contribution in [-0.2, 0) is 30.8 Å². The molecule has 2 aliphatic rings. The van der Waals surface area contributed by atoms with Gasteiger partial charge in [0.05, 0.1) is 24.9 Å². The number of thiophene rings is 1. The highest BCUT2D eigenvalue weighted by Crippen LogP contribution is 2.35. The van der Waals surface area contributed by atoms with E-state index in [9.17, 15) is 18.0 Å². The maximum absolute atomic E-state index is 13.2. The number of anilines is 2. The summed E-state index contributed by atoms with van der Waals surface area (Å²) in [5.41, 5.74) is 3.99. The van der Waals surface area contributed by atoms with Gasteiger partial charge in [-0.3, -0.25) is 18.8 Å². The summed E-state index contributed by atoms with van der Waals surface area (Å²) < 4.78 is 33.6. The third-order valence-corrected chi connectivity index (χ3v) is 10.3. The van der Waals surface area contributed by atoms with Crippen LogP contribution in [0.3, 0.4) is 0 Å². The van der Waals surface area contributed by atoms with E-state index in [1.165, 1.54) is 15.6 Å². The van der Waals surface area contributed by atoms with Gasteiger partial charge in [-0.05, 0) is 54.5 Å². The Morgan fingerprint density at radius 3 is 2.51 bits per heavy atom. The van der Waals surface area contributed by atoms with Crippen LogP contribution in [0, 0.1) is 6.92 Å². The molecule has 0 spiro atoms. The molecule has 39 heavy (non-hydrogen) atoms. The molecule has 2 N–H and O–H groups in total. The van der Waals surface area contributed by atoms with E-state index in [2.05, 4.69) is 15.5 Å². The van der Waals surface area contributed by atoms with Gasteiger partial charge < -0.3 is 15.4 Å². The molecule has 9 nitrogen and oxygen atoms in total. The molecule has 1 fully saturated rings. The highest BCUT2D eigenvalue weighted by atomic mass is 32.2. The molecule has 1 saturated heterocycles. The normalized spacial score (nSPS) is 16.8. The zero-order valence-electron chi connectivity index (χ0n) is 21.8. The van der Waals surface area contributed by atoms with Crippen molar-refractivity contribution in [3.63, 3.8) is 0 Å². The number of ether oxygens (including phenoxy) is 1. The van der Waals surface area contributed by atoms with E-state index in [0.717, 1.165) is 36.2 Å². The summed E-state index contributed by atoms with van der Waals surface area (Å²) in [4.78, 5) is 27.9. The Kier molecular flexibility index (Phi) is 8.31. The van der Waals surface area contributed by atoms with Gasteiger partial charge in [0.25, 0.3) is 10.0 Å². The lowest BCUT2D eigenvalue weighted by Gasteiger charge is -2.35. The van der Waals surface area contributed by atoms with Gasteiger partial charge in [-0.25, -0.2) is 8.42 Å². The molecule has 1 atom stereocenters. The predicted octanol–water partition coefficient (Wildman–Crippen LogP) is 3.33. The molecular formula is C28H32N4O5S2. The number of amides is 2. The number of nitrogens with zero attached hydrogens (tertiary/aromatic N) is 2.